The zero-order valence-corrected chi connectivity index (χ0v) is 30.4. The monoisotopic (exact) mass is 714 g/mol. The second-order valence-corrected chi connectivity index (χ2v) is 14.2. The summed E-state index contributed by atoms with van der Waals surface area (Å²) in [7, 11) is 0. The minimum absolute atomic E-state index is 0.673. The van der Waals surface area contributed by atoms with E-state index >= 15 is 0 Å². The maximum atomic E-state index is 5.47. The van der Waals surface area contributed by atoms with Gasteiger partial charge in [-0.15, -0.1) is 0 Å². The lowest BCUT2D eigenvalue weighted by atomic mass is 10.0. The smallest absolute Gasteiger partial charge is 0.162 e. The fourth-order valence-electron chi connectivity index (χ4n) is 8.36. The lowest BCUT2D eigenvalue weighted by molar-refractivity contribution is 1.05. The van der Waals surface area contributed by atoms with Crippen LogP contribution in [0, 0.1) is 0 Å². The third-order valence-corrected chi connectivity index (χ3v) is 10.9. The van der Waals surface area contributed by atoms with Gasteiger partial charge in [0.2, 0.25) is 0 Å². The molecule has 0 spiro atoms. The molecule has 0 N–H and O–H groups in total. The highest BCUT2D eigenvalue weighted by Crippen LogP contribution is 2.42. The third kappa shape index (κ3) is 5.23. The van der Waals surface area contributed by atoms with Crippen LogP contribution in [0.4, 0.5) is 0 Å². The van der Waals surface area contributed by atoms with Crippen molar-refractivity contribution in [2.75, 3.05) is 0 Å². The first kappa shape index (κ1) is 31.9. The summed E-state index contributed by atoms with van der Waals surface area (Å²) in [6.45, 7) is 0. The number of rotatable bonds is 6. The molecule has 3 heterocycles. The van der Waals surface area contributed by atoms with Crippen molar-refractivity contribution in [1.29, 1.82) is 0 Å². The van der Waals surface area contributed by atoms with E-state index in [4.69, 9.17) is 9.97 Å². The first-order valence-corrected chi connectivity index (χ1v) is 19.0. The molecule has 0 radical (unpaired) electrons. The molecule has 0 atom stereocenters. The Labute approximate surface area is 324 Å². The van der Waals surface area contributed by atoms with Crippen molar-refractivity contribution in [2.45, 2.75) is 0 Å². The Morgan fingerprint density at radius 3 is 1.61 bits per heavy atom. The number of hydrogen-bond donors (Lipinski definition) is 0. The minimum Gasteiger partial charge on any atom is -0.309 e. The van der Waals surface area contributed by atoms with Crippen molar-refractivity contribution < 1.29 is 0 Å². The molecule has 262 valence electrons. The Balaban J connectivity index is 1.21. The van der Waals surface area contributed by atoms with Crippen LogP contribution >= 0.6 is 0 Å². The number of benzene rings is 8. The minimum atomic E-state index is 0.673. The molecule has 0 aliphatic rings. The summed E-state index contributed by atoms with van der Waals surface area (Å²) < 4.78 is 4.75. The molecule has 0 amide bonds. The van der Waals surface area contributed by atoms with Gasteiger partial charge >= 0.3 is 0 Å². The predicted molar refractivity (Wildman–Crippen MR) is 232 cm³/mol. The van der Waals surface area contributed by atoms with Crippen LogP contribution in [0.3, 0.4) is 0 Å². The topological polar surface area (TPSA) is 35.6 Å². The Morgan fingerprint density at radius 2 is 0.875 bits per heavy atom. The molecule has 0 saturated carbocycles. The molecule has 11 aromatic rings. The Hall–Kier alpha value is -7.56. The van der Waals surface area contributed by atoms with Gasteiger partial charge in [-0.25, -0.2) is 9.97 Å². The number of fused-ring (bicyclic) bond motifs is 7. The Kier molecular flexibility index (Phi) is 7.46. The maximum absolute atomic E-state index is 5.47. The number of hydrogen-bond acceptors (Lipinski definition) is 2. The van der Waals surface area contributed by atoms with E-state index in [-0.39, 0.29) is 0 Å². The van der Waals surface area contributed by atoms with Crippen LogP contribution in [0.5, 0.6) is 0 Å². The molecule has 0 bridgehead atoms. The molecule has 56 heavy (non-hydrogen) atoms. The first-order chi connectivity index (χ1) is 27.8. The molecule has 0 fully saturated rings. The van der Waals surface area contributed by atoms with E-state index in [0.29, 0.717) is 5.82 Å². The van der Waals surface area contributed by atoms with E-state index in [9.17, 15) is 0 Å². The molecule has 4 heteroatoms. The van der Waals surface area contributed by atoms with Crippen molar-refractivity contribution >= 4 is 43.6 Å². The number of nitrogens with zero attached hydrogens (tertiary/aromatic N) is 4. The quantitative estimate of drug-likeness (QED) is 0.172. The average molecular weight is 715 g/mol. The fourth-order valence-corrected chi connectivity index (χ4v) is 8.36. The largest absolute Gasteiger partial charge is 0.309 e. The molecule has 0 aliphatic heterocycles. The van der Waals surface area contributed by atoms with E-state index in [1.54, 1.807) is 0 Å². The van der Waals surface area contributed by atoms with Gasteiger partial charge in [-0.2, -0.15) is 0 Å². The average Bonchev–Trinajstić information content (AvgIpc) is 3.80. The van der Waals surface area contributed by atoms with Gasteiger partial charge in [0.25, 0.3) is 0 Å². The normalized spacial score (nSPS) is 11.6. The number of aromatic nitrogens is 4. The summed E-state index contributed by atoms with van der Waals surface area (Å²) in [6.07, 6.45) is 0. The van der Waals surface area contributed by atoms with Crippen LogP contribution in [0.15, 0.2) is 206 Å². The molecule has 11 rings (SSSR count). The summed E-state index contributed by atoms with van der Waals surface area (Å²) in [6, 6.07) is 73.1. The molecule has 0 saturated heterocycles. The van der Waals surface area contributed by atoms with Gasteiger partial charge in [-0.05, 0) is 58.7 Å². The predicted octanol–water partition coefficient (Wildman–Crippen LogP) is 13.3. The summed E-state index contributed by atoms with van der Waals surface area (Å²) in [4.78, 5) is 10.8. The SMILES string of the molecule is c1ccc(-c2ccc(-c3cc(-n4c5ccccc5c5ccc6c(c7ccccc7n6-c6ccccc6)c54)nc(-c4cccc(-c5ccccc5)c4)n3)cc2)cc1. The van der Waals surface area contributed by atoms with Gasteiger partial charge in [0.15, 0.2) is 5.82 Å². The van der Waals surface area contributed by atoms with Gasteiger partial charge < -0.3 is 4.57 Å². The summed E-state index contributed by atoms with van der Waals surface area (Å²) in [5, 5.41) is 4.76. The fraction of sp³-hybridized carbons (Fsp3) is 0. The van der Waals surface area contributed by atoms with Gasteiger partial charge in [0.05, 0.1) is 27.8 Å². The highest BCUT2D eigenvalue weighted by Gasteiger charge is 2.22. The lowest BCUT2D eigenvalue weighted by Crippen LogP contribution is -2.03. The Bertz CT molecular complexity index is 3220. The summed E-state index contributed by atoms with van der Waals surface area (Å²) >= 11 is 0. The van der Waals surface area contributed by atoms with Crippen LogP contribution in [0.1, 0.15) is 0 Å². The second-order valence-electron chi connectivity index (χ2n) is 14.2. The van der Waals surface area contributed by atoms with Crippen molar-refractivity contribution in [3.05, 3.63) is 206 Å². The lowest BCUT2D eigenvalue weighted by Gasteiger charge is -2.14. The molecule has 0 unspecified atom stereocenters. The zero-order valence-electron chi connectivity index (χ0n) is 30.4. The van der Waals surface area contributed by atoms with Crippen LogP contribution in [0.25, 0.3) is 100 Å². The van der Waals surface area contributed by atoms with Gasteiger partial charge in [0, 0.05) is 44.4 Å². The van der Waals surface area contributed by atoms with Gasteiger partial charge in [0.1, 0.15) is 5.82 Å². The van der Waals surface area contributed by atoms with Gasteiger partial charge in [-0.1, -0.05) is 164 Å². The van der Waals surface area contributed by atoms with Crippen LogP contribution in [0.2, 0.25) is 0 Å². The third-order valence-electron chi connectivity index (χ3n) is 10.9. The van der Waals surface area contributed by atoms with E-state index in [0.717, 1.165) is 56.0 Å². The first-order valence-electron chi connectivity index (χ1n) is 19.0. The highest BCUT2D eigenvalue weighted by atomic mass is 15.1. The van der Waals surface area contributed by atoms with E-state index < -0.39 is 0 Å². The summed E-state index contributed by atoms with van der Waals surface area (Å²) in [5.74, 6) is 1.49. The van der Waals surface area contributed by atoms with E-state index in [1.807, 2.05) is 0 Å². The van der Waals surface area contributed by atoms with Crippen molar-refractivity contribution in [2.24, 2.45) is 0 Å². The molecule has 4 nitrogen and oxygen atoms in total. The van der Waals surface area contributed by atoms with Crippen LogP contribution < -0.4 is 0 Å². The number of para-hydroxylation sites is 3. The summed E-state index contributed by atoms with van der Waals surface area (Å²) in [5.41, 5.74) is 13.1. The van der Waals surface area contributed by atoms with Crippen LogP contribution in [-0.2, 0) is 0 Å². The highest BCUT2D eigenvalue weighted by molar-refractivity contribution is 6.26. The van der Waals surface area contributed by atoms with Gasteiger partial charge in [-0.3, -0.25) is 4.57 Å². The van der Waals surface area contributed by atoms with E-state index in [2.05, 4.69) is 215 Å². The molecular formula is C52H34N4. The second kappa shape index (κ2) is 13.1. The van der Waals surface area contributed by atoms with E-state index in [1.165, 1.54) is 38.2 Å². The molecular weight excluding hydrogens is 681 g/mol. The molecule has 8 aromatic carbocycles. The van der Waals surface area contributed by atoms with Crippen LogP contribution in [-0.4, -0.2) is 19.1 Å². The standard InChI is InChI=1S/C52H34N4/c1-4-15-35(16-5-1)37-27-29-38(30-28-37)45-34-49(54-52(53-45)40-20-14-19-39(33-40)36-17-6-2-7-18-36)56-46-25-12-10-23-42(46)43-31-32-48-50(51(43)56)44-24-11-13-26-47(44)55(48)41-21-8-3-9-22-41/h1-34H. The maximum Gasteiger partial charge on any atom is 0.162 e. The Morgan fingerprint density at radius 1 is 0.321 bits per heavy atom. The molecule has 3 aromatic heterocycles. The zero-order chi connectivity index (χ0) is 37.0. The van der Waals surface area contributed by atoms with Crippen molar-refractivity contribution in [1.82, 2.24) is 19.1 Å². The van der Waals surface area contributed by atoms with Crippen molar-refractivity contribution in [3.8, 4) is 56.4 Å². The molecule has 0 aliphatic carbocycles. The van der Waals surface area contributed by atoms with Crippen molar-refractivity contribution in [3.63, 3.8) is 0 Å².